The van der Waals surface area contributed by atoms with Crippen molar-refractivity contribution < 1.29 is 14.7 Å². The Kier molecular flexibility index (Phi) is 6.39. The number of aliphatic carboxylic acids is 1. The largest absolute Gasteiger partial charge is 0.481 e. The van der Waals surface area contributed by atoms with Gasteiger partial charge in [-0.05, 0) is 25.5 Å². The lowest BCUT2D eigenvalue weighted by Gasteiger charge is -2.11. The molecule has 0 bridgehead atoms. The standard InChI is InChI=1S/C16H18Cl2N4O3/c1-3-5-10(16(24)25)8-19-15(23)14-20-9(2)22(21-14)13-11(17)6-4-7-12(13)18/h4,6-7,10H,3,5,8H2,1-2H3,(H,19,23)(H,24,25). The van der Waals surface area contributed by atoms with Gasteiger partial charge in [0.15, 0.2) is 0 Å². The highest BCUT2D eigenvalue weighted by molar-refractivity contribution is 6.37. The molecule has 25 heavy (non-hydrogen) atoms. The first kappa shape index (κ1) is 19.2. The first-order valence-electron chi connectivity index (χ1n) is 7.74. The molecule has 2 N–H and O–H groups in total. The van der Waals surface area contributed by atoms with E-state index < -0.39 is 17.8 Å². The van der Waals surface area contributed by atoms with E-state index in [1.807, 2.05) is 6.92 Å². The minimum Gasteiger partial charge on any atom is -0.481 e. The molecule has 1 atom stereocenters. The number of halogens is 2. The summed E-state index contributed by atoms with van der Waals surface area (Å²) in [5, 5.41) is 16.6. The van der Waals surface area contributed by atoms with Gasteiger partial charge in [0, 0.05) is 6.54 Å². The van der Waals surface area contributed by atoms with Crippen molar-refractivity contribution in [3.63, 3.8) is 0 Å². The van der Waals surface area contributed by atoms with Crippen molar-refractivity contribution in [2.24, 2.45) is 5.92 Å². The molecule has 0 fully saturated rings. The molecule has 0 aliphatic rings. The number of nitrogens with one attached hydrogen (secondary N) is 1. The van der Waals surface area contributed by atoms with Gasteiger partial charge < -0.3 is 10.4 Å². The van der Waals surface area contributed by atoms with Gasteiger partial charge in [-0.3, -0.25) is 9.59 Å². The van der Waals surface area contributed by atoms with Gasteiger partial charge in [0.25, 0.3) is 5.91 Å². The Balaban J connectivity index is 2.19. The zero-order valence-electron chi connectivity index (χ0n) is 13.8. The lowest BCUT2D eigenvalue weighted by Crippen LogP contribution is -2.33. The second-order valence-electron chi connectivity index (χ2n) is 5.50. The smallest absolute Gasteiger partial charge is 0.308 e. The Morgan fingerprint density at radius 1 is 1.32 bits per heavy atom. The van der Waals surface area contributed by atoms with Crippen molar-refractivity contribution in [3.05, 3.63) is 39.9 Å². The van der Waals surface area contributed by atoms with Crippen LogP contribution in [-0.4, -0.2) is 38.3 Å². The monoisotopic (exact) mass is 384 g/mol. The predicted molar refractivity (Wildman–Crippen MR) is 94.5 cm³/mol. The van der Waals surface area contributed by atoms with Gasteiger partial charge in [0.1, 0.15) is 11.5 Å². The fourth-order valence-corrected chi connectivity index (χ4v) is 2.90. The summed E-state index contributed by atoms with van der Waals surface area (Å²) in [6, 6.07) is 5.02. The SMILES string of the molecule is CCCC(CNC(=O)c1nc(C)n(-c2c(Cl)cccc2Cl)n1)C(=O)O. The Morgan fingerprint density at radius 2 is 1.96 bits per heavy atom. The van der Waals surface area contributed by atoms with Crippen molar-refractivity contribution in [3.8, 4) is 5.69 Å². The summed E-state index contributed by atoms with van der Waals surface area (Å²) < 4.78 is 1.39. The van der Waals surface area contributed by atoms with Gasteiger partial charge in [-0.1, -0.05) is 42.6 Å². The Morgan fingerprint density at radius 3 is 2.52 bits per heavy atom. The summed E-state index contributed by atoms with van der Waals surface area (Å²) in [7, 11) is 0. The van der Waals surface area contributed by atoms with E-state index in [2.05, 4.69) is 15.4 Å². The second-order valence-corrected chi connectivity index (χ2v) is 6.31. The number of benzene rings is 1. The highest BCUT2D eigenvalue weighted by atomic mass is 35.5. The zero-order valence-corrected chi connectivity index (χ0v) is 15.3. The maximum absolute atomic E-state index is 12.2. The molecule has 1 heterocycles. The molecule has 7 nitrogen and oxygen atoms in total. The van der Waals surface area contributed by atoms with E-state index in [1.165, 1.54) is 4.68 Å². The highest BCUT2D eigenvalue weighted by Crippen LogP contribution is 2.28. The van der Waals surface area contributed by atoms with Crippen molar-refractivity contribution in [1.82, 2.24) is 20.1 Å². The Hall–Kier alpha value is -2.12. The minimum absolute atomic E-state index is 0.0163. The van der Waals surface area contributed by atoms with Gasteiger partial charge in [-0.2, -0.15) is 0 Å². The lowest BCUT2D eigenvalue weighted by molar-refractivity contribution is -0.141. The summed E-state index contributed by atoms with van der Waals surface area (Å²) in [5.41, 5.74) is 0.435. The molecule has 0 spiro atoms. The summed E-state index contributed by atoms with van der Waals surface area (Å²) in [5.74, 6) is -1.78. The number of amides is 1. The molecular formula is C16H18Cl2N4O3. The predicted octanol–water partition coefficient (Wildman–Crippen LogP) is 3.11. The topological polar surface area (TPSA) is 97.1 Å². The average Bonchev–Trinajstić information content (AvgIpc) is 2.92. The van der Waals surface area contributed by atoms with Crippen molar-refractivity contribution in [2.45, 2.75) is 26.7 Å². The van der Waals surface area contributed by atoms with Crippen LogP contribution in [0.2, 0.25) is 10.0 Å². The molecular weight excluding hydrogens is 367 g/mol. The van der Waals surface area contributed by atoms with Gasteiger partial charge in [0.05, 0.1) is 16.0 Å². The number of carbonyl (C=O) groups is 2. The van der Waals surface area contributed by atoms with Crippen LogP contribution in [0.15, 0.2) is 18.2 Å². The maximum Gasteiger partial charge on any atom is 0.308 e. The number of nitrogens with zero attached hydrogens (tertiary/aromatic N) is 3. The first-order valence-corrected chi connectivity index (χ1v) is 8.49. The van der Waals surface area contributed by atoms with Crippen molar-refractivity contribution in [1.29, 1.82) is 0 Å². The summed E-state index contributed by atoms with van der Waals surface area (Å²) in [6.07, 6.45) is 1.19. The highest BCUT2D eigenvalue weighted by Gasteiger charge is 2.21. The zero-order chi connectivity index (χ0) is 18.6. The van der Waals surface area contributed by atoms with E-state index in [9.17, 15) is 9.59 Å². The molecule has 134 valence electrons. The first-order chi connectivity index (χ1) is 11.8. The summed E-state index contributed by atoms with van der Waals surface area (Å²) >= 11 is 12.3. The summed E-state index contributed by atoms with van der Waals surface area (Å²) in [4.78, 5) is 27.5. The molecule has 9 heteroatoms. The molecule has 0 aliphatic carbocycles. The van der Waals surface area contributed by atoms with Crippen LogP contribution in [0, 0.1) is 12.8 Å². The van der Waals surface area contributed by atoms with Gasteiger partial charge in [-0.15, -0.1) is 5.10 Å². The van der Waals surface area contributed by atoms with E-state index in [0.29, 0.717) is 34.4 Å². The summed E-state index contributed by atoms with van der Waals surface area (Å²) in [6.45, 7) is 3.57. The van der Waals surface area contributed by atoms with E-state index in [0.717, 1.165) is 0 Å². The number of aryl methyl sites for hydroxylation is 1. The normalized spacial score (nSPS) is 12.0. The molecule has 2 rings (SSSR count). The van der Waals surface area contributed by atoms with Crippen LogP contribution in [0.25, 0.3) is 5.69 Å². The van der Waals surface area contributed by atoms with Crippen molar-refractivity contribution >= 4 is 35.1 Å². The molecule has 0 saturated heterocycles. The average molecular weight is 385 g/mol. The third-order valence-corrected chi connectivity index (χ3v) is 4.23. The van der Waals surface area contributed by atoms with E-state index in [4.69, 9.17) is 28.3 Å². The lowest BCUT2D eigenvalue weighted by atomic mass is 10.0. The fraction of sp³-hybridized carbons (Fsp3) is 0.375. The number of rotatable bonds is 7. The minimum atomic E-state index is -0.945. The van der Waals surface area contributed by atoms with Crippen LogP contribution < -0.4 is 5.32 Å². The molecule has 0 aliphatic heterocycles. The van der Waals surface area contributed by atoms with Crippen LogP contribution in [0.3, 0.4) is 0 Å². The van der Waals surface area contributed by atoms with E-state index in [-0.39, 0.29) is 12.4 Å². The third-order valence-electron chi connectivity index (χ3n) is 3.62. The number of carboxylic acid groups (broad SMARTS) is 1. The number of carboxylic acids is 1. The number of para-hydroxylation sites is 1. The number of aromatic nitrogens is 3. The van der Waals surface area contributed by atoms with Crippen LogP contribution in [0.5, 0.6) is 0 Å². The van der Waals surface area contributed by atoms with Gasteiger partial charge in [0.2, 0.25) is 5.82 Å². The van der Waals surface area contributed by atoms with Crippen LogP contribution in [-0.2, 0) is 4.79 Å². The second kappa shape index (κ2) is 8.31. The maximum atomic E-state index is 12.2. The molecule has 1 aromatic carbocycles. The van der Waals surface area contributed by atoms with Crippen LogP contribution in [0.4, 0.5) is 0 Å². The van der Waals surface area contributed by atoms with Crippen molar-refractivity contribution in [2.75, 3.05) is 6.54 Å². The quantitative estimate of drug-likeness (QED) is 0.763. The van der Waals surface area contributed by atoms with E-state index >= 15 is 0 Å². The van der Waals surface area contributed by atoms with E-state index in [1.54, 1.807) is 25.1 Å². The number of hydrogen-bond donors (Lipinski definition) is 2. The molecule has 0 radical (unpaired) electrons. The van der Waals surface area contributed by atoms with Crippen LogP contribution >= 0.6 is 23.2 Å². The Bertz CT molecular complexity index is 771. The van der Waals surface area contributed by atoms with Gasteiger partial charge in [-0.25, -0.2) is 9.67 Å². The fourth-order valence-electron chi connectivity index (χ4n) is 2.35. The van der Waals surface area contributed by atoms with Crippen LogP contribution in [0.1, 0.15) is 36.2 Å². The number of hydrogen-bond acceptors (Lipinski definition) is 4. The van der Waals surface area contributed by atoms with Gasteiger partial charge >= 0.3 is 5.97 Å². The molecule has 1 amide bonds. The molecule has 2 aromatic rings. The molecule has 1 aromatic heterocycles. The third kappa shape index (κ3) is 4.49. The Labute approximate surface area is 155 Å². The molecule has 0 saturated carbocycles. The molecule has 1 unspecified atom stereocenters. The number of carbonyl (C=O) groups excluding carboxylic acids is 1.